The molecule has 7 heteroatoms. The molecule has 0 heterocycles. The number of carbonyl (C=O) groups excluding carboxylic acids is 2. The summed E-state index contributed by atoms with van der Waals surface area (Å²) in [4.78, 5) is 23.5. The minimum Gasteiger partial charge on any atom is -0.393 e. The van der Waals surface area contributed by atoms with Gasteiger partial charge in [0.1, 0.15) is 11.6 Å². The van der Waals surface area contributed by atoms with Crippen molar-refractivity contribution in [2.75, 3.05) is 13.1 Å². The number of carbonyl (C=O) groups is 2. The first kappa shape index (κ1) is 17.3. The molecular weight excluding hydrogens is 306 g/mol. The lowest BCUT2D eigenvalue weighted by Crippen LogP contribution is -2.41. The number of halogens is 2. The molecule has 0 aromatic heterocycles. The first-order valence-electron chi connectivity index (χ1n) is 7.65. The Morgan fingerprint density at radius 3 is 2.39 bits per heavy atom. The zero-order valence-electron chi connectivity index (χ0n) is 12.6. The van der Waals surface area contributed by atoms with Gasteiger partial charge in [-0.2, -0.15) is 0 Å². The molecule has 0 radical (unpaired) electrons. The number of aliphatic hydroxyl groups excluding tert-OH is 1. The standard InChI is InChI=1S/C16H20F2N2O3/c17-12-5-11(6-13(18)7-12)16(23)20-9-15(22)19-8-10-3-1-2-4-14(10)21/h5-7,10,14,21H,1-4,8-9H2,(H,19,22)(H,20,23). The molecule has 0 bridgehead atoms. The number of rotatable bonds is 5. The van der Waals surface area contributed by atoms with E-state index in [1.54, 1.807) is 0 Å². The molecule has 126 valence electrons. The predicted molar refractivity (Wildman–Crippen MR) is 79.7 cm³/mol. The summed E-state index contributed by atoms with van der Waals surface area (Å²) in [6, 6.07) is 2.46. The van der Waals surface area contributed by atoms with E-state index >= 15 is 0 Å². The summed E-state index contributed by atoms with van der Waals surface area (Å²) in [6.45, 7) is 0.0598. The Bertz CT molecular complexity index is 560. The van der Waals surface area contributed by atoms with Gasteiger partial charge in [0.05, 0.1) is 12.6 Å². The van der Waals surface area contributed by atoms with E-state index in [2.05, 4.69) is 10.6 Å². The third-order valence-corrected chi connectivity index (χ3v) is 3.96. The van der Waals surface area contributed by atoms with Crippen molar-refractivity contribution < 1.29 is 23.5 Å². The first-order chi connectivity index (χ1) is 11.0. The lowest BCUT2D eigenvalue weighted by molar-refractivity contribution is -0.120. The van der Waals surface area contributed by atoms with Gasteiger partial charge < -0.3 is 15.7 Å². The molecule has 2 atom stereocenters. The van der Waals surface area contributed by atoms with E-state index in [1.807, 2.05) is 0 Å². The van der Waals surface area contributed by atoms with Crippen LogP contribution in [0.1, 0.15) is 36.0 Å². The molecule has 0 saturated heterocycles. The quantitative estimate of drug-likeness (QED) is 0.764. The summed E-state index contributed by atoms with van der Waals surface area (Å²) in [7, 11) is 0. The van der Waals surface area contributed by atoms with Crippen LogP contribution in [0.15, 0.2) is 18.2 Å². The van der Waals surface area contributed by atoms with Crippen molar-refractivity contribution in [3.05, 3.63) is 35.4 Å². The van der Waals surface area contributed by atoms with Crippen LogP contribution in [-0.4, -0.2) is 36.1 Å². The van der Waals surface area contributed by atoms with Crippen molar-refractivity contribution >= 4 is 11.8 Å². The molecule has 0 aliphatic heterocycles. The van der Waals surface area contributed by atoms with E-state index in [1.165, 1.54) is 0 Å². The number of amides is 2. The van der Waals surface area contributed by atoms with E-state index in [4.69, 9.17) is 0 Å². The van der Waals surface area contributed by atoms with E-state index < -0.39 is 29.6 Å². The smallest absolute Gasteiger partial charge is 0.251 e. The topological polar surface area (TPSA) is 78.4 Å². The zero-order valence-corrected chi connectivity index (χ0v) is 12.6. The van der Waals surface area contributed by atoms with Gasteiger partial charge in [0.15, 0.2) is 0 Å². The third kappa shape index (κ3) is 5.28. The van der Waals surface area contributed by atoms with Crippen LogP contribution in [0.2, 0.25) is 0 Å². The Morgan fingerprint density at radius 2 is 1.74 bits per heavy atom. The van der Waals surface area contributed by atoms with Gasteiger partial charge in [-0.1, -0.05) is 12.8 Å². The van der Waals surface area contributed by atoms with E-state index in [9.17, 15) is 23.5 Å². The summed E-state index contributed by atoms with van der Waals surface area (Å²) in [5.74, 6) is -2.82. The van der Waals surface area contributed by atoms with Crippen molar-refractivity contribution in [1.29, 1.82) is 0 Å². The van der Waals surface area contributed by atoms with Crippen molar-refractivity contribution in [3.8, 4) is 0 Å². The highest BCUT2D eigenvalue weighted by Gasteiger charge is 2.23. The summed E-state index contributed by atoms with van der Waals surface area (Å²) >= 11 is 0. The zero-order chi connectivity index (χ0) is 16.8. The van der Waals surface area contributed by atoms with Crippen LogP contribution in [0, 0.1) is 17.6 Å². The van der Waals surface area contributed by atoms with Gasteiger partial charge in [-0.05, 0) is 25.0 Å². The second-order valence-corrected chi connectivity index (χ2v) is 5.76. The maximum Gasteiger partial charge on any atom is 0.251 e. The summed E-state index contributed by atoms with van der Waals surface area (Å²) in [6.07, 6.45) is 3.21. The predicted octanol–water partition coefficient (Wildman–Crippen LogP) is 1.36. The van der Waals surface area contributed by atoms with Crippen LogP contribution in [0.5, 0.6) is 0 Å². The van der Waals surface area contributed by atoms with Gasteiger partial charge in [0.25, 0.3) is 5.91 Å². The lowest BCUT2D eigenvalue weighted by atomic mass is 9.86. The lowest BCUT2D eigenvalue weighted by Gasteiger charge is -2.27. The maximum absolute atomic E-state index is 13.0. The number of aliphatic hydroxyl groups is 1. The molecule has 0 spiro atoms. The van der Waals surface area contributed by atoms with Crippen LogP contribution in [0.25, 0.3) is 0 Å². The van der Waals surface area contributed by atoms with Gasteiger partial charge in [-0.3, -0.25) is 9.59 Å². The van der Waals surface area contributed by atoms with E-state index in [-0.39, 0.29) is 18.0 Å². The molecule has 1 aromatic rings. The van der Waals surface area contributed by atoms with Crippen LogP contribution in [0.3, 0.4) is 0 Å². The highest BCUT2D eigenvalue weighted by molar-refractivity contribution is 5.96. The molecule has 1 saturated carbocycles. The third-order valence-electron chi connectivity index (χ3n) is 3.96. The molecule has 1 aromatic carbocycles. The monoisotopic (exact) mass is 326 g/mol. The fourth-order valence-electron chi connectivity index (χ4n) is 2.68. The molecule has 2 unspecified atom stereocenters. The largest absolute Gasteiger partial charge is 0.393 e. The maximum atomic E-state index is 13.0. The van der Waals surface area contributed by atoms with Gasteiger partial charge >= 0.3 is 0 Å². The Balaban J connectivity index is 1.76. The minimum atomic E-state index is -0.856. The number of nitrogens with one attached hydrogen (secondary N) is 2. The number of benzene rings is 1. The molecule has 5 nitrogen and oxygen atoms in total. The Labute approximate surface area is 133 Å². The first-order valence-corrected chi connectivity index (χ1v) is 7.65. The highest BCUT2D eigenvalue weighted by Crippen LogP contribution is 2.23. The number of hydrogen-bond donors (Lipinski definition) is 3. The normalized spacial score (nSPS) is 20.8. The average Bonchev–Trinajstić information content (AvgIpc) is 2.51. The number of hydrogen-bond acceptors (Lipinski definition) is 3. The van der Waals surface area contributed by atoms with E-state index in [0.29, 0.717) is 12.6 Å². The minimum absolute atomic E-state index is 0.0284. The van der Waals surface area contributed by atoms with Crippen LogP contribution in [-0.2, 0) is 4.79 Å². The molecule has 1 aliphatic carbocycles. The van der Waals surface area contributed by atoms with Crippen molar-refractivity contribution in [3.63, 3.8) is 0 Å². The fraction of sp³-hybridized carbons (Fsp3) is 0.500. The molecule has 1 fully saturated rings. The second-order valence-electron chi connectivity index (χ2n) is 5.76. The van der Waals surface area contributed by atoms with Gasteiger partial charge in [-0.25, -0.2) is 8.78 Å². The van der Waals surface area contributed by atoms with Crippen molar-refractivity contribution in [2.24, 2.45) is 5.92 Å². The Morgan fingerprint density at radius 1 is 1.09 bits per heavy atom. The van der Waals surface area contributed by atoms with Crippen LogP contribution < -0.4 is 10.6 Å². The van der Waals surface area contributed by atoms with Gasteiger partial charge in [0, 0.05) is 24.1 Å². The van der Waals surface area contributed by atoms with E-state index in [0.717, 1.165) is 37.8 Å². The highest BCUT2D eigenvalue weighted by atomic mass is 19.1. The molecule has 2 amide bonds. The SMILES string of the molecule is O=C(CNC(=O)c1cc(F)cc(F)c1)NCC1CCCCC1O. The second kappa shape index (κ2) is 8.01. The average molecular weight is 326 g/mol. The molecule has 3 N–H and O–H groups in total. The van der Waals surface area contributed by atoms with Crippen molar-refractivity contribution in [2.45, 2.75) is 31.8 Å². The van der Waals surface area contributed by atoms with Crippen molar-refractivity contribution in [1.82, 2.24) is 10.6 Å². The summed E-state index contributed by atoms with van der Waals surface area (Å²) < 4.78 is 26.1. The molecule has 2 rings (SSSR count). The molecule has 1 aliphatic rings. The van der Waals surface area contributed by atoms with Crippen LogP contribution >= 0.6 is 0 Å². The fourth-order valence-corrected chi connectivity index (χ4v) is 2.68. The van der Waals surface area contributed by atoms with Crippen LogP contribution in [0.4, 0.5) is 8.78 Å². The summed E-state index contributed by atoms with van der Waals surface area (Å²) in [5.41, 5.74) is -0.182. The Hall–Kier alpha value is -2.02. The molecular formula is C16H20F2N2O3. The summed E-state index contributed by atoms with van der Waals surface area (Å²) in [5, 5.41) is 14.8. The Kier molecular flexibility index (Phi) is 6.04. The molecule has 23 heavy (non-hydrogen) atoms. The van der Waals surface area contributed by atoms with Gasteiger partial charge in [0.2, 0.25) is 5.91 Å². The van der Waals surface area contributed by atoms with Gasteiger partial charge in [-0.15, -0.1) is 0 Å².